The summed E-state index contributed by atoms with van der Waals surface area (Å²) in [6.07, 6.45) is -5.08. The van der Waals surface area contributed by atoms with Crippen LogP contribution >= 0.6 is 27.9 Å². The van der Waals surface area contributed by atoms with Gasteiger partial charge in [0.1, 0.15) is 23.5 Å². The van der Waals surface area contributed by atoms with Gasteiger partial charge in [0.25, 0.3) is 0 Å². The molecule has 0 spiro atoms. The Bertz CT molecular complexity index is 1060. The number of nitrogens with zero attached hydrogens (tertiary/aromatic N) is 4. The highest BCUT2D eigenvalue weighted by atomic mass is 32.1. The molecule has 18 heteroatoms. The van der Waals surface area contributed by atoms with Gasteiger partial charge in [0, 0.05) is 0 Å². The third kappa shape index (κ3) is 4.62. The van der Waals surface area contributed by atoms with Crippen LogP contribution in [0.3, 0.4) is 0 Å². The molecule has 0 saturated carbocycles. The average molecular weight is 471 g/mol. The number of ether oxygens (including phenoxy) is 1. The van der Waals surface area contributed by atoms with Crippen molar-refractivity contribution in [2.24, 2.45) is 0 Å². The minimum absolute atomic E-state index is 0.0745. The van der Waals surface area contributed by atoms with Crippen molar-refractivity contribution in [2.75, 3.05) is 5.73 Å². The summed E-state index contributed by atoms with van der Waals surface area (Å²) >= 11 is 4.75. The van der Waals surface area contributed by atoms with Crippen LogP contribution in [0.5, 0.6) is 0 Å². The molecule has 2 aromatic heterocycles. The molecule has 1 fully saturated rings. The first kappa shape index (κ1) is 22.1. The lowest BCUT2D eigenvalue weighted by Gasteiger charge is -2.19. The van der Waals surface area contributed by atoms with Gasteiger partial charge in [0.2, 0.25) is 5.05 Å². The first-order valence-electron chi connectivity index (χ1n) is 7.60. The smallest absolute Gasteiger partial charge is 0.393 e. The van der Waals surface area contributed by atoms with E-state index >= 15 is 0 Å². The van der Waals surface area contributed by atoms with E-state index < -0.39 is 45.2 Å². The minimum atomic E-state index is -5.38. The highest BCUT2D eigenvalue weighted by molar-refractivity contribution is 7.80. The van der Waals surface area contributed by atoms with Crippen molar-refractivity contribution in [1.29, 1.82) is 0 Å². The summed E-state index contributed by atoms with van der Waals surface area (Å²) < 4.78 is 37.0. The molecule has 1 aliphatic heterocycles. The van der Waals surface area contributed by atoms with E-state index in [0.29, 0.717) is 5.82 Å². The van der Waals surface area contributed by atoms with Crippen LogP contribution in [0.1, 0.15) is 12.1 Å². The molecule has 160 valence electrons. The van der Waals surface area contributed by atoms with Crippen molar-refractivity contribution in [3.05, 3.63) is 12.2 Å². The van der Waals surface area contributed by atoms with Crippen molar-refractivity contribution in [3.63, 3.8) is 0 Å². The van der Waals surface area contributed by atoms with Gasteiger partial charge >= 0.3 is 15.6 Å². The summed E-state index contributed by atoms with van der Waals surface area (Å²) in [5.41, 5.74) is 6.15. The summed E-state index contributed by atoms with van der Waals surface area (Å²) in [4.78, 5) is 38.7. The topological polar surface area (TPSA) is 233 Å². The van der Waals surface area contributed by atoms with E-state index in [1.165, 1.54) is 10.9 Å². The molecule has 0 bridgehead atoms. The van der Waals surface area contributed by atoms with Crippen LogP contribution in [0.2, 0.25) is 0 Å². The Labute approximate surface area is 166 Å². The normalized spacial score (nSPS) is 27.1. The van der Waals surface area contributed by atoms with Gasteiger partial charge in [-0.1, -0.05) is 0 Å². The Hall–Kier alpha value is -1.58. The molecule has 0 aliphatic carbocycles. The molecule has 15 nitrogen and oxygen atoms in total. The molecule has 3 heterocycles. The zero-order chi connectivity index (χ0) is 21.7. The predicted octanol–water partition coefficient (Wildman–Crippen LogP) is -1.11. The van der Waals surface area contributed by atoms with E-state index in [1.54, 1.807) is 6.92 Å². The second kappa shape index (κ2) is 7.59. The molecule has 2 aromatic rings. The number of aliphatic hydroxyl groups excluding tert-OH is 2. The zero-order valence-electron chi connectivity index (χ0n) is 14.3. The number of aryl methyl sites for hydroxylation is 1. The predicted molar refractivity (Wildman–Crippen MR) is 97.0 cm³/mol. The number of hydrogen-bond acceptors (Lipinski definition) is 12. The highest BCUT2D eigenvalue weighted by Crippen LogP contribution is 2.58. The van der Waals surface area contributed by atoms with Crippen molar-refractivity contribution < 1.29 is 47.6 Å². The van der Waals surface area contributed by atoms with Gasteiger partial charge in [-0.05, 0) is 19.1 Å². The van der Waals surface area contributed by atoms with Gasteiger partial charge in [0.05, 0.1) is 6.33 Å². The fraction of sp³-hybridized carbons (Fsp3) is 0.455. The van der Waals surface area contributed by atoms with E-state index in [0.717, 1.165) is 0 Å². The molecule has 29 heavy (non-hydrogen) atoms. The lowest BCUT2D eigenvalue weighted by Crippen LogP contribution is -2.36. The van der Waals surface area contributed by atoms with E-state index in [2.05, 4.69) is 23.8 Å². The molecule has 0 aromatic carbocycles. The summed E-state index contributed by atoms with van der Waals surface area (Å²) in [5, 5.41) is 19.7. The maximum atomic E-state index is 11.6. The third-order valence-electron chi connectivity index (χ3n) is 3.72. The average Bonchev–Trinajstić information content (AvgIpc) is 3.07. The van der Waals surface area contributed by atoms with Gasteiger partial charge in [-0.15, -0.1) is 0 Å². The molecule has 1 saturated heterocycles. The number of aromatic nitrogens is 4. The zero-order valence-corrected chi connectivity index (χ0v) is 16.9. The molecule has 1 aliphatic rings. The number of imidazole rings is 1. The van der Waals surface area contributed by atoms with Crippen molar-refractivity contribution in [3.8, 4) is 0 Å². The Morgan fingerprint density at radius 1 is 1.28 bits per heavy atom. The summed E-state index contributed by atoms with van der Waals surface area (Å²) in [7, 11) is -10.7. The number of nitrogens with two attached hydrogens (primary N) is 1. The number of thiocarbonyl (C=S) groups is 1. The second-order valence-corrected chi connectivity index (χ2v) is 9.02. The fourth-order valence-corrected chi connectivity index (χ4v) is 4.66. The first-order valence-corrected chi connectivity index (χ1v) is 11.0. The van der Waals surface area contributed by atoms with Crippen LogP contribution in [0, 0.1) is 6.92 Å². The SMILES string of the molecule is Cc1nc(N)c2ncn([C@@H]3O[C@H](C(=S)OP(=O)(O)OP(=O)(O)O)[C@@H](O)[C@H]3O)c2n1. The number of hydrogen-bond donors (Lipinski definition) is 6. The van der Waals surface area contributed by atoms with Crippen LogP contribution in [0.15, 0.2) is 6.33 Å². The van der Waals surface area contributed by atoms with Crippen LogP contribution < -0.4 is 5.73 Å². The van der Waals surface area contributed by atoms with Crippen LogP contribution in [-0.2, 0) is 22.7 Å². The molecular weight excluding hydrogens is 456 g/mol. The standard InChI is InChI=1S/C11H15N5O10P2S/c1-3-14-8(12)4-9(15-3)16(2-13-4)10-6(18)5(17)7(24-10)11(29)25-28(22,23)26-27(19,20)21/h2,5-7,10,17-18H,1H3,(H,22,23)(H2,12,14,15)(H2,19,20,21)/t5-,6+,7-,10+/m0/s1. The maximum absolute atomic E-state index is 11.6. The Morgan fingerprint density at radius 3 is 2.55 bits per heavy atom. The molecular formula is C11H15N5O10P2S. The molecule has 1 unspecified atom stereocenters. The molecule has 0 radical (unpaired) electrons. The molecule has 7 N–H and O–H groups in total. The van der Waals surface area contributed by atoms with Gasteiger partial charge in [-0.2, -0.15) is 4.31 Å². The van der Waals surface area contributed by atoms with Crippen LogP contribution in [-0.4, -0.2) is 67.8 Å². The number of rotatable bonds is 5. The molecule has 0 amide bonds. The number of aliphatic hydroxyl groups is 2. The number of phosphoric acid groups is 2. The number of phosphoric ester groups is 1. The van der Waals surface area contributed by atoms with Gasteiger partial charge in [-0.25, -0.2) is 24.1 Å². The largest absolute Gasteiger partial charge is 0.537 e. The van der Waals surface area contributed by atoms with Gasteiger partial charge < -0.3 is 35.0 Å². The van der Waals surface area contributed by atoms with E-state index in [9.17, 15) is 24.2 Å². The second-order valence-electron chi connectivity index (χ2n) is 5.86. The first-order chi connectivity index (χ1) is 13.3. The van der Waals surface area contributed by atoms with Crippen LogP contribution in [0.4, 0.5) is 5.82 Å². The molecule has 3 rings (SSSR count). The lowest BCUT2D eigenvalue weighted by molar-refractivity contribution is -0.0231. The van der Waals surface area contributed by atoms with Gasteiger partial charge in [0.15, 0.2) is 23.8 Å². The van der Waals surface area contributed by atoms with E-state index in [-0.39, 0.29) is 17.0 Å². The van der Waals surface area contributed by atoms with Crippen molar-refractivity contribution in [2.45, 2.75) is 31.5 Å². The number of nitrogen functional groups attached to an aromatic ring is 1. The van der Waals surface area contributed by atoms with Gasteiger partial charge in [-0.3, -0.25) is 9.46 Å². The van der Waals surface area contributed by atoms with E-state index in [4.69, 9.17) is 32.5 Å². The summed E-state index contributed by atoms with van der Waals surface area (Å²) in [6, 6.07) is 0. The van der Waals surface area contributed by atoms with Crippen molar-refractivity contribution in [1.82, 2.24) is 19.5 Å². The number of fused-ring (bicyclic) bond motifs is 1. The summed E-state index contributed by atoms with van der Waals surface area (Å²) in [6.45, 7) is 1.57. The molecule has 5 atom stereocenters. The number of anilines is 1. The minimum Gasteiger partial charge on any atom is -0.393 e. The monoisotopic (exact) mass is 471 g/mol. The Kier molecular flexibility index (Phi) is 5.79. The highest BCUT2D eigenvalue weighted by Gasteiger charge is 2.49. The van der Waals surface area contributed by atoms with Crippen LogP contribution in [0.25, 0.3) is 11.2 Å². The quantitative estimate of drug-likeness (QED) is 0.224. The lowest BCUT2D eigenvalue weighted by atomic mass is 10.1. The van der Waals surface area contributed by atoms with Crippen molar-refractivity contribution >= 4 is 49.9 Å². The third-order valence-corrected chi connectivity index (χ3v) is 6.26. The Balaban J connectivity index is 1.85. The maximum Gasteiger partial charge on any atom is 0.537 e. The Morgan fingerprint density at radius 2 is 1.93 bits per heavy atom. The summed E-state index contributed by atoms with van der Waals surface area (Å²) in [5.74, 6) is 0.376. The van der Waals surface area contributed by atoms with E-state index in [1.807, 2.05) is 0 Å². The fourth-order valence-electron chi connectivity index (χ4n) is 2.64.